The molecule has 0 unspecified atom stereocenters. The van der Waals surface area contributed by atoms with Gasteiger partial charge in [-0.15, -0.1) is 0 Å². The maximum atomic E-state index is 5.57. The summed E-state index contributed by atoms with van der Waals surface area (Å²) in [5.74, 6) is 0.863. The lowest BCUT2D eigenvalue weighted by molar-refractivity contribution is -0.442. The molecule has 0 bridgehead atoms. The third-order valence-electron chi connectivity index (χ3n) is 5.13. The van der Waals surface area contributed by atoms with Crippen LogP contribution in [0.15, 0.2) is 78.9 Å². The van der Waals surface area contributed by atoms with Gasteiger partial charge in [-0.05, 0) is 23.9 Å². The first-order valence-electron chi connectivity index (χ1n) is 9.17. The smallest absolute Gasteiger partial charge is 0.317 e. The number of hydrogen-bond donors (Lipinski definition) is 0. The molecule has 28 heavy (non-hydrogen) atoms. The second-order valence-electron chi connectivity index (χ2n) is 6.75. The lowest BCUT2D eigenvalue weighted by Crippen LogP contribution is -2.21. The molecular formula is C25H19NOS. The van der Waals surface area contributed by atoms with Crippen molar-refractivity contribution in [2.75, 3.05) is 7.11 Å². The molecule has 1 aliphatic carbocycles. The second-order valence-corrected chi connectivity index (χ2v) is 7.75. The zero-order valence-electron chi connectivity index (χ0n) is 15.6. The average Bonchev–Trinajstić information content (AvgIpc) is 3.10. The number of fused-ring (bicyclic) bond motifs is 3. The van der Waals surface area contributed by atoms with Gasteiger partial charge in [-0.3, -0.25) is 0 Å². The van der Waals surface area contributed by atoms with Crippen molar-refractivity contribution in [3.05, 3.63) is 107 Å². The minimum absolute atomic E-state index is 0.863. The van der Waals surface area contributed by atoms with E-state index in [1.807, 2.05) is 28.8 Å². The normalized spacial score (nSPS) is 14.6. The zero-order chi connectivity index (χ0) is 19.1. The predicted molar refractivity (Wildman–Crippen MR) is 118 cm³/mol. The Kier molecular flexibility index (Phi) is 4.03. The van der Waals surface area contributed by atoms with Crippen molar-refractivity contribution in [2.45, 2.75) is 0 Å². The van der Waals surface area contributed by atoms with Crippen LogP contribution in [0.25, 0.3) is 17.2 Å². The highest BCUT2D eigenvalue weighted by Gasteiger charge is 2.42. The summed E-state index contributed by atoms with van der Waals surface area (Å²) in [5.41, 5.74) is 6.02. The minimum Gasteiger partial charge on any atom is -0.497 e. The molecule has 0 saturated heterocycles. The highest BCUT2D eigenvalue weighted by molar-refractivity contribution is 7.82. The highest BCUT2D eigenvalue weighted by Crippen LogP contribution is 2.38. The Hall–Kier alpha value is -3.30. The van der Waals surface area contributed by atoms with Crippen LogP contribution in [0.4, 0.5) is 0 Å². The molecule has 3 aromatic rings. The summed E-state index contributed by atoms with van der Waals surface area (Å²) >= 11 is 1.76. The Morgan fingerprint density at radius 2 is 1.71 bits per heavy atom. The minimum atomic E-state index is 0.863. The molecule has 0 atom stereocenters. The quantitative estimate of drug-likeness (QED) is 0.275. The number of methoxy groups -OCH3 is 1. The fourth-order valence-electron chi connectivity index (χ4n) is 3.70. The summed E-state index contributed by atoms with van der Waals surface area (Å²) in [4.78, 5) is 1.24. The van der Waals surface area contributed by atoms with Crippen molar-refractivity contribution in [3.8, 4) is 16.9 Å². The van der Waals surface area contributed by atoms with Gasteiger partial charge < -0.3 is 9.31 Å². The van der Waals surface area contributed by atoms with E-state index < -0.39 is 0 Å². The van der Waals surface area contributed by atoms with E-state index in [4.69, 9.17) is 4.74 Å². The van der Waals surface area contributed by atoms with Crippen LogP contribution in [0.5, 0.6) is 5.75 Å². The number of hydrogen-bond acceptors (Lipinski definition) is 1. The fraction of sp³-hybridized carbons (Fsp3) is 0.0400. The third kappa shape index (κ3) is 2.63. The summed E-state index contributed by atoms with van der Waals surface area (Å²) in [6.45, 7) is 4.30. The molecule has 136 valence electrons. The van der Waals surface area contributed by atoms with Crippen LogP contribution in [0.2, 0.25) is 0 Å². The summed E-state index contributed by atoms with van der Waals surface area (Å²) < 4.78 is 7.58. The van der Waals surface area contributed by atoms with Gasteiger partial charge in [-0.25, -0.2) is 0 Å². The zero-order valence-corrected chi connectivity index (χ0v) is 16.4. The van der Waals surface area contributed by atoms with Crippen LogP contribution in [0.1, 0.15) is 16.7 Å². The van der Waals surface area contributed by atoms with Crippen LogP contribution < -0.4 is 4.74 Å². The van der Waals surface area contributed by atoms with Crippen LogP contribution >= 0.6 is 0 Å². The molecule has 5 rings (SSSR count). The van der Waals surface area contributed by atoms with E-state index in [-0.39, 0.29) is 0 Å². The number of benzene rings is 3. The Morgan fingerprint density at radius 1 is 0.929 bits per heavy atom. The third-order valence-corrected chi connectivity index (χ3v) is 6.40. The number of para-hydroxylation sites is 1. The van der Waals surface area contributed by atoms with Gasteiger partial charge in [-0.2, -0.15) is 12.2 Å². The first-order chi connectivity index (χ1) is 13.8. The molecule has 0 saturated carbocycles. The highest BCUT2D eigenvalue weighted by atomic mass is 32.1. The topological polar surface area (TPSA) is 12.2 Å². The van der Waals surface area contributed by atoms with E-state index in [1.165, 1.54) is 27.1 Å². The van der Waals surface area contributed by atoms with E-state index in [2.05, 4.69) is 67.4 Å². The molecule has 2 nitrogen and oxygen atoms in total. The number of nitrogens with zero attached hydrogens (tertiary/aromatic N) is 1. The molecule has 0 aromatic heterocycles. The van der Waals surface area contributed by atoms with E-state index in [9.17, 15) is 0 Å². The van der Waals surface area contributed by atoms with Crippen molar-refractivity contribution in [1.29, 1.82) is 0 Å². The van der Waals surface area contributed by atoms with Gasteiger partial charge in [0, 0.05) is 5.56 Å². The molecule has 0 amide bonds. The van der Waals surface area contributed by atoms with Gasteiger partial charge >= 0.3 is 5.37 Å². The Morgan fingerprint density at radius 3 is 2.54 bits per heavy atom. The Balaban J connectivity index is 1.58. The number of ether oxygens (including phenoxy) is 1. The van der Waals surface area contributed by atoms with Crippen LogP contribution in [0, 0.1) is 11.4 Å². The van der Waals surface area contributed by atoms with Gasteiger partial charge in [0.1, 0.15) is 5.75 Å². The van der Waals surface area contributed by atoms with Gasteiger partial charge in [0.2, 0.25) is 4.86 Å². The van der Waals surface area contributed by atoms with E-state index in [0.717, 1.165) is 22.7 Å². The molecule has 2 aliphatic rings. The van der Waals surface area contributed by atoms with Crippen LogP contribution in [0.3, 0.4) is 0 Å². The summed E-state index contributed by atoms with van der Waals surface area (Å²) in [5, 5.41) is 1.09. The second kappa shape index (κ2) is 6.70. The predicted octanol–water partition coefficient (Wildman–Crippen LogP) is 4.79. The van der Waals surface area contributed by atoms with E-state index in [0.29, 0.717) is 0 Å². The van der Waals surface area contributed by atoms with Gasteiger partial charge in [0.25, 0.3) is 0 Å². The maximum Gasteiger partial charge on any atom is 0.317 e. The molecule has 3 heteroatoms. The van der Waals surface area contributed by atoms with Crippen molar-refractivity contribution in [3.63, 3.8) is 0 Å². The standard InChI is InChI=1S/C25H19NOS/c1-26-22-15-13-19-16-18(17-8-4-3-5-9-17)12-14-20(19)24(22)28-25(26)21-10-6-7-11-23(21)27-2/h3-16H,1H2,2H3. The fourth-order valence-corrected chi connectivity index (χ4v) is 4.96. The first-order valence-corrected chi connectivity index (χ1v) is 9.99. The SMILES string of the molecule is C=[N+]1[C-]2C=Cc3cc(-c4ccccc4)ccc3C2=[S+][C-]1c1ccccc1OC. The number of rotatable bonds is 3. The first kappa shape index (κ1) is 16.8. The molecule has 1 heterocycles. The van der Waals surface area contributed by atoms with Crippen molar-refractivity contribution in [2.24, 2.45) is 0 Å². The molecule has 1 aliphatic heterocycles. The van der Waals surface area contributed by atoms with E-state index >= 15 is 0 Å². The summed E-state index contributed by atoms with van der Waals surface area (Å²) in [6, 6.07) is 26.4. The van der Waals surface area contributed by atoms with Crippen molar-refractivity contribution in [1.82, 2.24) is 0 Å². The average molecular weight is 382 g/mol. The lowest BCUT2D eigenvalue weighted by Gasteiger charge is -2.22. The Bertz CT molecular complexity index is 1130. The van der Waals surface area contributed by atoms with Gasteiger partial charge in [0.05, 0.1) is 18.7 Å². The molecule has 0 fully saturated rings. The molecule has 0 spiro atoms. The molecule has 0 radical (unpaired) electrons. The Labute approximate surface area is 169 Å². The summed E-state index contributed by atoms with van der Waals surface area (Å²) in [6.07, 6.45) is 4.35. The lowest BCUT2D eigenvalue weighted by atomic mass is 9.90. The molecule has 3 aromatic carbocycles. The molecular weight excluding hydrogens is 362 g/mol. The van der Waals surface area contributed by atoms with Crippen LogP contribution in [-0.4, -0.2) is 23.3 Å². The summed E-state index contributed by atoms with van der Waals surface area (Å²) in [7, 11) is 1.71. The molecule has 0 N–H and O–H groups in total. The van der Waals surface area contributed by atoms with Crippen molar-refractivity contribution >= 4 is 29.0 Å². The largest absolute Gasteiger partial charge is 0.497 e. The monoisotopic (exact) mass is 381 g/mol. The maximum absolute atomic E-state index is 5.57. The van der Waals surface area contributed by atoms with Crippen molar-refractivity contribution < 1.29 is 9.31 Å². The van der Waals surface area contributed by atoms with E-state index in [1.54, 1.807) is 18.5 Å². The van der Waals surface area contributed by atoms with Gasteiger partial charge in [-0.1, -0.05) is 72.3 Å². The van der Waals surface area contributed by atoms with Gasteiger partial charge in [0.15, 0.2) is 11.4 Å². The van der Waals surface area contributed by atoms with Crippen LogP contribution in [-0.2, 0) is 11.4 Å².